The van der Waals surface area contributed by atoms with Crippen molar-refractivity contribution in [1.29, 1.82) is 0 Å². The van der Waals surface area contributed by atoms with Crippen LogP contribution in [0.4, 0.5) is 17.5 Å². The van der Waals surface area contributed by atoms with Gasteiger partial charge in [-0.3, -0.25) is 0 Å². The highest BCUT2D eigenvalue weighted by molar-refractivity contribution is 7.91. The number of nitrogens with one attached hydrogen (secondary N) is 1. The molecule has 0 aliphatic carbocycles. The topological polar surface area (TPSA) is 75.2 Å². The van der Waals surface area contributed by atoms with Gasteiger partial charge in [0.15, 0.2) is 9.84 Å². The Kier molecular flexibility index (Phi) is 5.99. The molecule has 146 valence electrons. The van der Waals surface area contributed by atoms with Gasteiger partial charge in [-0.15, -0.1) is 0 Å². The summed E-state index contributed by atoms with van der Waals surface area (Å²) in [6.07, 6.45) is 4.24. The van der Waals surface area contributed by atoms with E-state index < -0.39 is 9.84 Å². The number of rotatable bonds is 7. The summed E-state index contributed by atoms with van der Waals surface area (Å²) < 4.78 is 23.7. The van der Waals surface area contributed by atoms with Crippen LogP contribution in [0.2, 0.25) is 0 Å². The summed E-state index contributed by atoms with van der Waals surface area (Å²) in [6, 6.07) is 8.16. The predicted octanol–water partition coefficient (Wildman–Crippen LogP) is 3.36. The number of anilines is 3. The molecule has 2 aromatic rings. The van der Waals surface area contributed by atoms with Crippen LogP contribution in [0.5, 0.6) is 0 Å². The molecule has 3 rings (SSSR count). The molecular formula is C20H28N4O2S. The largest absolute Gasteiger partial charge is 0.353 e. The lowest BCUT2D eigenvalue weighted by Gasteiger charge is -2.28. The predicted molar refractivity (Wildman–Crippen MR) is 111 cm³/mol. The van der Waals surface area contributed by atoms with Crippen LogP contribution in [0.3, 0.4) is 0 Å². The highest BCUT2D eigenvalue weighted by Crippen LogP contribution is 2.27. The zero-order valence-electron chi connectivity index (χ0n) is 16.3. The SMILES string of the molecule is CCc1cccc(CC)c1Nc1nccc(N(CC)C2CCS(=O)(=O)C2)n1. The normalized spacial score (nSPS) is 18.4. The minimum atomic E-state index is -2.94. The van der Waals surface area contributed by atoms with E-state index >= 15 is 0 Å². The van der Waals surface area contributed by atoms with Crippen molar-refractivity contribution >= 4 is 27.3 Å². The van der Waals surface area contributed by atoms with Crippen molar-refractivity contribution in [3.8, 4) is 0 Å². The molecule has 0 radical (unpaired) electrons. The quantitative estimate of drug-likeness (QED) is 0.784. The van der Waals surface area contributed by atoms with Gasteiger partial charge in [0.05, 0.1) is 11.5 Å². The number of nitrogens with zero attached hydrogens (tertiary/aromatic N) is 3. The molecule has 0 saturated carbocycles. The van der Waals surface area contributed by atoms with Crippen LogP contribution in [-0.4, -0.2) is 42.5 Å². The van der Waals surface area contributed by atoms with Crippen LogP contribution in [0.1, 0.15) is 38.3 Å². The van der Waals surface area contributed by atoms with Crippen molar-refractivity contribution in [2.45, 2.75) is 46.1 Å². The number of sulfone groups is 1. The maximum Gasteiger partial charge on any atom is 0.229 e. The molecule has 0 spiro atoms. The molecule has 1 aliphatic rings. The Morgan fingerprint density at radius 1 is 1.15 bits per heavy atom. The monoisotopic (exact) mass is 388 g/mol. The molecule has 1 aromatic carbocycles. The molecule has 1 fully saturated rings. The summed E-state index contributed by atoms with van der Waals surface area (Å²) >= 11 is 0. The van der Waals surface area contributed by atoms with Gasteiger partial charge in [0.25, 0.3) is 0 Å². The summed E-state index contributed by atoms with van der Waals surface area (Å²) in [5, 5.41) is 3.40. The van der Waals surface area contributed by atoms with Crippen molar-refractivity contribution in [2.75, 3.05) is 28.3 Å². The number of aryl methyl sites for hydroxylation is 2. The van der Waals surface area contributed by atoms with Gasteiger partial charge in [-0.05, 0) is 43.4 Å². The van der Waals surface area contributed by atoms with E-state index in [4.69, 9.17) is 4.98 Å². The van der Waals surface area contributed by atoms with Gasteiger partial charge >= 0.3 is 0 Å². The first-order valence-electron chi connectivity index (χ1n) is 9.65. The Bertz CT molecular complexity index is 876. The molecular weight excluding hydrogens is 360 g/mol. The molecule has 27 heavy (non-hydrogen) atoms. The number of aromatic nitrogens is 2. The van der Waals surface area contributed by atoms with E-state index in [0.717, 1.165) is 24.3 Å². The number of para-hydroxylation sites is 1. The third-order valence-corrected chi connectivity index (χ3v) is 6.91. The third kappa shape index (κ3) is 4.40. The first-order chi connectivity index (χ1) is 13.0. The Balaban J connectivity index is 1.88. The van der Waals surface area contributed by atoms with Crippen LogP contribution in [0.25, 0.3) is 0 Å². The van der Waals surface area contributed by atoms with Gasteiger partial charge in [0.2, 0.25) is 5.95 Å². The van der Waals surface area contributed by atoms with E-state index in [1.54, 1.807) is 6.20 Å². The Hall–Kier alpha value is -2.15. The Morgan fingerprint density at radius 3 is 2.41 bits per heavy atom. The van der Waals surface area contributed by atoms with Crippen LogP contribution < -0.4 is 10.2 Å². The van der Waals surface area contributed by atoms with Gasteiger partial charge in [-0.25, -0.2) is 13.4 Å². The van der Waals surface area contributed by atoms with E-state index in [1.807, 2.05) is 13.0 Å². The van der Waals surface area contributed by atoms with Crippen molar-refractivity contribution in [1.82, 2.24) is 9.97 Å². The van der Waals surface area contributed by atoms with Crippen LogP contribution in [0, 0.1) is 0 Å². The van der Waals surface area contributed by atoms with Crippen LogP contribution >= 0.6 is 0 Å². The third-order valence-electron chi connectivity index (χ3n) is 5.16. The van der Waals surface area contributed by atoms with E-state index in [0.29, 0.717) is 18.9 Å². The van der Waals surface area contributed by atoms with Crippen molar-refractivity contribution < 1.29 is 8.42 Å². The summed E-state index contributed by atoms with van der Waals surface area (Å²) in [6.45, 7) is 7.01. The first kappa shape index (κ1) is 19.6. The summed E-state index contributed by atoms with van der Waals surface area (Å²) in [4.78, 5) is 11.2. The second kappa shape index (κ2) is 8.25. The Morgan fingerprint density at radius 2 is 1.85 bits per heavy atom. The van der Waals surface area contributed by atoms with Gasteiger partial charge in [0, 0.05) is 24.5 Å². The number of hydrogen-bond donors (Lipinski definition) is 1. The lowest BCUT2D eigenvalue weighted by atomic mass is 10.0. The second-order valence-electron chi connectivity index (χ2n) is 6.86. The first-order valence-corrected chi connectivity index (χ1v) is 11.5. The minimum Gasteiger partial charge on any atom is -0.353 e. The summed E-state index contributed by atoms with van der Waals surface area (Å²) in [5.41, 5.74) is 3.54. The molecule has 7 heteroatoms. The smallest absolute Gasteiger partial charge is 0.229 e. The summed E-state index contributed by atoms with van der Waals surface area (Å²) in [7, 11) is -2.94. The van der Waals surface area contributed by atoms with E-state index in [-0.39, 0.29) is 17.5 Å². The molecule has 1 N–H and O–H groups in total. The van der Waals surface area contributed by atoms with Crippen molar-refractivity contribution in [2.24, 2.45) is 0 Å². The summed E-state index contributed by atoms with van der Waals surface area (Å²) in [5.74, 6) is 1.77. The molecule has 1 aliphatic heterocycles. The molecule has 0 bridgehead atoms. The lowest BCUT2D eigenvalue weighted by molar-refractivity contribution is 0.599. The molecule has 0 amide bonds. The molecule has 1 atom stereocenters. The molecule has 1 unspecified atom stereocenters. The molecule has 2 heterocycles. The fourth-order valence-electron chi connectivity index (χ4n) is 3.71. The van der Waals surface area contributed by atoms with Crippen LogP contribution in [0.15, 0.2) is 30.5 Å². The van der Waals surface area contributed by atoms with Gasteiger partial charge in [-0.1, -0.05) is 32.0 Å². The second-order valence-corrected chi connectivity index (χ2v) is 9.09. The van der Waals surface area contributed by atoms with Gasteiger partial charge < -0.3 is 10.2 Å². The standard InChI is InChI=1S/C20H28N4O2S/c1-4-15-8-7-9-16(5-2)19(15)23-20-21-12-10-18(22-20)24(6-3)17-11-13-27(25,26)14-17/h7-10,12,17H,4-6,11,13-14H2,1-3H3,(H,21,22,23). The van der Waals surface area contributed by atoms with Crippen molar-refractivity contribution in [3.05, 3.63) is 41.6 Å². The zero-order chi connectivity index (χ0) is 19.4. The van der Waals surface area contributed by atoms with Gasteiger partial charge in [-0.2, -0.15) is 4.98 Å². The number of benzene rings is 1. The van der Waals surface area contributed by atoms with Crippen LogP contribution in [-0.2, 0) is 22.7 Å². The van der Waals surface area contributed by atoms with E-state index in [1.165, 1.54) is 11.1 Å². The zero-order valence-corrected chi connectivity index (χ0v) is 17.1. The van der Waals surface area contributed by atoms with Gasteiger partial charge in [0.1, 0.15) is 5.82 Å². The van der Waals surface area contributed by atoms with Crippen molar-refractivity contribution in [3.63, 3.8) is 0 Å². The average molecular weight is 389 g/mol. The average Bonchev–Trinajstić information content (AvgIpc) is 3.02. The maximum atomic E-state index is 11.9. The molecule has 1 aromatic heterocycles. The van der Waals surface area contributed by atoms with E-state index in [2.05, 4.69) is 47.2 Å². The minimum absolute atomic E-state index is 0.0168. The highest BCUT2D eigenvalue weighted by Gasteiger charge is 2.32. The molecule has 1 saturated heterocycles. The maximum absolute atomic E-state index is 11.9. The fraction of sp³-hybridized carbons (Fsp3) is 0.500. The lowest BCUT2D eigenvalue weighted by Crippen LogP contribution is -2.36. The molecule has 6 nitrogen and oxygen atoms in total. The van der Waals surface area contributed by atoms with E-state index in [9.17, 15) is 8.42 Å². The Labute approximate surface area is 162 Å². The number of hydrogen-bond acceptors (Lipinski definition) is 6. The highest BCUT2D eigenvalue weighted by atomic mass is 32.2. The fourth-order valence-corrected chi connectivity index (χ4v) is 5.44.